The number of amides is 1. The molecule has 32 heavy (non-hydrogen) atoms. The summed E-state index contributed by atoms with van der Waals surface area (Å²) in [6.07, 6.45) is 6.47. The molecule has 0 heterocycles. The van der Waals surface area contributed by atoms with Crippen LogP contribution in [0.4, 0.5) is 5.69 Å². The molecule has 0 saturated heterocycles. The molecule has 0 aromatic heterocycles. The third kappa shape index (κ3) is 6.15. The second-order valence-corrected chi connectivity index (χ2v) is 7.98. The fourth-order valence-electron chi connectivity index (χ4n) is 3.94. The number of rotatable bonds is 9. The molecular weight excluding hydrogens is 408 g/mol. The molecule has 0 spiro atoms. The summed E-state index contributed by atoms with van der Waals surface area (Å²) in [5.74, 6) is 0.0276. The fraction of sp³-hybridized carbons (Fsp3) is 0.440. The maximum atomic E-state index is 12.6. The molecular formula is C25H32N2O5. The van der Waals surface area contributed by atoms with E-state index in [1.165, 1.54) is 52.0 Å². The average molecular weight is 441 g/mol. The van der Waals surface area contributed by atoms with Crippen LogP contribution >= 0.6 is 0 Å². The van der Waals surface area contributed by atoms with Gasteiger partial charge in [0.2, 0.25) is 0 Å². The van der Waals surface area contributed by atoms with Crippen LogP contribution in [-0.2, 0) is 16.1 Å². The van der Waals surface area contributed by atoms with Gasteiger partial charge in [-0.2, -0.15) is 0 Å². The summed E-state index contributed by atoms with van der Waals surface area (Å²) in [7, 11) is 4.94. The number of benzene rings is 2. The van der Waals surface area contributed by atoms with Crippen LogP contribution in [0.15, 0.2) is 42.5 Å². The van der Waals surface area contributed by atoms with Crippen molar-refractivity contribution < 1.29 is 23.8 Å². The summed E-state index contributed by atoms with van der Waals surface area (Å²) < 4.78 is 15.2. The smallest absolute Gasteiger partial charge is 0.343 e. The molecule has 2 aromatic rings. The molecule has 0 unspecified atom stereocenters. The zero-order chi connectivity index (χ0) is 22.9. The molecule has 7 heteroatoms. The second-order valence-electron chi connectivity index (χ2n) is 7.98. The number of hydrogen-bond acceptors (Lipinski definition) is 6. The van der Waals surface area contributed by atoms with Crippen LogP contribution in [0.3, 0.4) is 0 Å². The van der Waals surface area contributed by atoms with Crippen LogP contribution < -0.4 is 19.7 Å². The SMILES string of the molecule is COC(=O)COc1ccc(C(=O)NCc2ccc(N(C)C3CCCCC3)cc2)cc1OC. The molecule has 1 N–H and O–H groups in total. The number of hydrogen-bond donors (Lipinski definition) is 1. The Morgan fingerprint density at radius 2 is 1.72 bits per heavy atom. The van der Waals surface area contributed by atoms with Gasteiger partial charge < -0.3 is 24.4 Å². The van der Waals surface area contributed by atoms with E-state index in [1.807, 2.05) is 0 Å². The fourth-order valence-corrected chi connectivity index (χ4v) is 3.94. The highest BCUT2D eigenvalue weighted by Gasteiger charge is 2.18. The maximum Gasteiger partial charge on any atom is 0.343 e. The van der Waals surface area contributed by atoms with Gasteiger partial charge in [-0.1, -0.05) is 31.4 Å². The number of methoxy groups -OCH3 is 2. The van der Waals surface area contributed by atoms with E-state index < -0.39 is 5.97 Å². The number of nitrogens with zero attached hydrogens (tertiary/aromatic N) is 1. The number of carbonyl (C=O) groups is 2. The van der Waals surface area contributed by atoms with Crippen molar-refractivity contribution in [1.29, 1.82) is 0 Å². The predicted molar refractivity (Wildman–Crippen MR) is 123 cm³/mol. The second kappa shape index (κ2) is 11.4. The molecule has 1 fully saturated rings. The largest absolute Gasteiger partial charge is 0.493 e. The Labute approximate surface area is 189 Å². The summed E-state index contributed by atoms with van der Waals surface area (Å²) in [6.45, 7) is 0.194. The topological polar surface area (TPSA) is 77.1 Å². The third-order valence-corrected chi connectivity index (χ3v) is 5.92. The molecule has 1 aliphatic carbocycles. The lowest BCUT2D eigenvalue weighted by molar-refractivity contribution is -0.142. The van der Waals surface area contributed by atoms with Crippen LogP contribution in [0.25, 0.3) is 0 Å². The van der Waals surface area contributed by atoms with Gasteiger partial charge in [0.15, 0.2) is 18.1 Å². The van der Waals surface area contributed by atoms with Crippen molar-refractivity contribution in [3.05, 3.63) is 53.6 Å². The molecule has 0 bridgehead atoms. The van der Waals surface area contributed by atoms with Crippen molar-refractivity contribution in [3.63, 3.8) is 0 Å². The van der Waals surface area contributed by atoms with Crippen LogP contribution in [0.5, 0.6) is 11.5 Å². The molecule has 0 radical (unpaired) electrons. The van der Waals surface area contributed by atoms with Gasteiger partial charge in [0, 0.05) is 30.9 Å². The van der Waals surface area contributed by atoms with E-state index in [1.54, 1.807) is 18.2 Å². The molecule has 1 amide bonds. The molecule has 1 saturated carbocycles. The summed E-state index contributed by atoms with van der Waals surface area (Å²) in [4.78, 5) is 26.2. The number of esters is 1. The van der Waals surface area contributed by atoms with E-state index >= 15 is 0 Å². The Morgan fingerprint density at radius 1 is 1.00 bits per heavy atom. The first-order chi connectivity index (χ1) is 15.5. The van der Waals surface area contributed by atoms with E-state index in [4.69, 9.17) is 9.47 Å². The van der Waals surface area contributed by atoms with Gasteiger partial charge in [0.25, 0.3) is 5.91 Å². The number of anilines is 1. The van der Waals surface area contributed by atoms with Gasteiger partial charge >= 0.3 is 5.97 Å². The first-order valence-electron chi connectivity index (χ1n) is 11.0. The minimum Gasteiger partial charge on any atom is -0.493 e. The van der Waals surface area contributed by atoms with E-state index in [0.29, 0.717) is 29.6 Å². The van der Waals surface area contributed by atoms with Crippen molar-refractivity contribution in [1.82, 2.24) is 5.32 Å². The first-order valence-corrected chi connectivity index (χ1v) is 11.0. The highest BCUT2D eigenvalue weighted by molar-refractivity contribution is 5.94. The van der Waals surface area contributed by atoms with Crippen LogP contribution in [0.2, 0.25) is 0 Å². The van der Waals surface area contributed by atoms with Gasteiger partial charge in [-0.15, -0.1) is 0 Å². The maximum absolute atomic E-state index is 12.6. The Balaban J connectivity index is 1.56. The Bertz CT molecular complexity index is 907. The lowest BCUT2D eigenvalue weighted by atomic mass is 9.94. The first kappa shape index (κ1) is 23.4. The molecule has 0 aliphatic heterocycles. The van der Waals surface area contributed by atoms with Crippen molar-refractivity contribution in [3.8, 4) is 11.5 Å². The van der Waals surface area contributed by atoms with Gasteiger partial charge in [0.05, 0.1) is 14.2 Å². The molecule has 2 aromatic carbocycles. The highest BCUT2D eigenvalue weighted by Crippen LogP contribution is 2.28. The highest BCUT2D eigenvalue weighted by atomic mass is 16.6. The Morgan fingerprint density at radius 3 is 2.38 bits per heavy atom. The molecule has 0 atom stereocenters. The Kier molecular flexibility index (Phi) is 8.36. The summed E-state index contributed by atoms with van der Waals surface area (Å²) >= 11 is 0. The van der Waals surface area contributed by atoms with Crippen molar-refractivity contribution in [2.45, 2.75) is 44.7 Å². The molecule has 3 rings (SSSR count). The Hall–Kier alpha value is -3.22. The van der Waals surface area contributed by atoms with Gasteiger partial charge in [-0.05, 0) is 48.7 Å². The third-order valence-electron chi connectivity index (χ3n) is 5.92. The van der Waals surface area contributed by atoms with E-state index in [9.17, 15) is 9.59 Å². The van der Waals surface area contributed by atoms with Gasteiger partial charge in [-0.3, -0.25) is 4.79 Å². The van der Waals surface area contributed by atoms with Crippen molar-refractivity contribution >= 4 is 17.6 Å². The van der Waals surface area contributed by atoms with E-state index in [-0.39, 0.29) is 12.5 Å². The van der Waals surface area contributed by atoms with E-state index in [2.05, 4.69) is 46.3 Å². The minimum absolute atomic E-state index is 0.216. The van der Waals surface area contributed by atoms with Gasteiger partial charge in [0.1, 0.15) is 0 Å². The zero-order valence-electron chi connectivity index (χ0n) is 19.1. The van der Waals surface area contributed by atoms with Crippen LogP contribution in [-0.4, -0.2) is 45.8 Å². The molecule has 1 aliphatic rings. The van der Waals surface area contributed by atoms with E-state index in [0.717, 1.165) is 5.56 Å². The van der Waals surface area contributed by atoms with Crippen molar-refractivity contribution in [2.24, 2.45) is 0 Å². The summed E-state index contributed by atoms with van der Waals surface area (Å²) in [5.41, 5.74) is 2.68. The summed E-state index contributed by atoms with van der Waals surface area (Å²) in [5, 5.41) is 2.93. The van der Waals surface area contributed by atoms with Crippen LogP contribution in [0, 0.1) is 0 Å². The standard InChI is InChI=1S/C25H32N2O5/c1-27(20-7-5-4-6-8-20)21-12-9-18(10-13-21)16-26-25(29)19-11-14-22(23(15-19)30-2)32-17-24(28)31-3/h9-15,20H,4-8,16-17H2,1-3H3,(H,26,29). The normalized spacial score (nSPS) is 13.8. The predicted octanol–water partition coefficient (Wildman–Crippen LogP) is 3.95. The number of nitrogens with one attached hydrogen (secondary N) is 1. The monoisotopic (exact) mass is 440 g/mol. The average Bonchev–Trinajstić information content (AvgIpc) is 2.86. The number of ether oxygens (including phenoxy) is 3. The van der Waals surface area contributed by atoms with Crippen molar-refractivity contribution in [2.75, 3.05) is 32.8 Å². The summed E-state index contributed by atoms with van der Waals surface area (Å²) in [6, 6.07) is 13.8. The number of carbonyl (C=O) groups excluding carboxylic acids is 2. The molecule has 172 valence electrons. The zero-order valence-corrected chi connectivity index (χ0v) is 19.1. The lowest BCUT2D eigenvalue weighted by Crippen LogP contribution is -2.33. The minimum atomic E-state index is -0.496. The lowest BCUT2D eigenvalue weighted by Gasteiger charge is -2.33. The van der Waals surface area contributed by atoms with Crippen LogP contribution in [0.1, 0.15) is 48.0 Å². The van der Waals surface area contributed by atoms with Gasteiger partial charge in [-0.25, -0.2) is 4.79 Å². The quantitative estimate of drug-likeness (QED) is 0.595. The molecule has 7 nitrogen and oxygen atoms in total.